The first-order valence-electron chi connectivity index (χ1n) is 11.7. The molecule has 0 aliphatic heterocycles. The Morgan fingerprint density at radius 3 is 2.39 bits per heavy atom. The van der Waals surface area contributed by atoms with Gasteiger partial charge in [-0.2, -0.15) is 5.10 Å². The van der Waals surface area contributed by atoms with Crippen LogP contribution in [-0.2, 0) is 21.4 Å². The zero-order valence-corrected chi connectivity index (χ0v) is 23.2. The SMILES string of the molecule is CCOc1cc(/C=N\NC(=O)CN(c2cc(C)ccc2OC)S(C)(=O)=O)ccc1OCc1ccc(Cl)cc1. The number of aryl methyl sites for hydroxylation is 1. The fourth-order valence-corrected chi connectivity index (χ4v) is 4.43. The first-order chi connectivity index (χ1) is 18.1. The first-order valence-corrected chi connectivity index (χ1v) is 13.9. The molecule has 11 heteroatoms. The second-order valence-corrected chi connectivity index (χ2v) is 10.6. The van der Waals surface area contributed by atoms with Crippen LogP contribution in [0.25, 0.3) is 0 Å². The Labute approximate surface area is 228 Å². The quantitative estimate of drug-likeness (QED) is 0.258. The van der Waals surface area contributed by atoms with Crippen molar-refractivity contribution >= 4 is 39.4 Å². The fourth-order valence-electron chi connectivity index (χ4n) is 3.45. The molecule has 38 heavy (non-hydrogen) atoms. The molecule has 0 unspecified atom stereocenters. The largest absolute Gasteiger partial charge is 0.495 e. The lowest BCUT2D eigenvalue weighted by Gasteiger charge is -2.23. The van der Waals surface area contributed by atoms with Gasteiger partial charge in [0, 0.05) is 5.02 Å². The summed E-state index contributed by atoms with van der Waals surface area (Å²) in [5.74, 6) is 0.785. The van der Waals surface area contributed by atoms with Crippen LogP contribution in [-0.4, -0.2) is 47.1 Å². The molecule has 0 saturated carbocycles. The van der Waals surface area contributed by atoms with Gasteiger partial charge in [0.25, 0.3) is 5.91 Å². The molecule has 1 amide bonds. The summed E-state index contributed by atoms with van der Waals surface area (Å²) in [6.45, 7) is 3.97. The van der Waals surface area contributed by atoms with E-state index in [2.05, 4.69) is 10.5 Å². The first kappa shape index (κ1) is 28.8. The summed E-state index contributed by atoms with van der Waals surface area (Å²) in [5.41, 5.74) is 5.06. The number of carbonyl (C=O) groups is 1. The molecule has 0 aromatic heterocycles. The number of methoxy groups -OCH3 is 1. The molecule has 9 nitrogen and oxygen atoms in total. The number of benzene rings is 3. The summed E-state index contributed by atoms with van der Waals surface area (Å²) < 4.78 is 42.8. The Morgan fingerprint density at radius 1 is 1.03 bits per heavy atom. The molecule has 0 spiro atoms. The molecule has 0 radical (unpaired) electrons. The summed E-state index contributed by atoms with van der Waals surface area (Å²) in [4.78, 5) is 12.6. The van der Waals surface area contributed by atoms with Gasteiger partial charge in [-0.1, -0.05) is 29.8 Å². The molecule has 3 rings (SSSR count). The number of hydrazone groups is 1. The maximum absolute atomic E-state index is 12.6. The number of hydrogen-bond acceptors (Lipinski definition) is 7. The fraction of sp³-hybridized carbons (Fsp3) is 0.259. The van der Waals surface area contributed by atoms with Crippen molar-refractivity contribution < 1.29 is 27.4 Å². The van der Waals surface area contributed by atoms with Gasteiger partial charge in [-0.05, 0) is 73.0 Å². The van der Waals surface area contributed by atoms with Crippen molar-refractivity contribution in [3.8, 4) is 17.2 Å². The molecule has 0 fully saturated rings. The van der Waals surface area contributed by atoms with Crippen LogP contribution < -0.4 is 23.9 Å². The second kappa shape index (κ2) is 13.2. The number of carbonyl (C=O) groups excluding carboxylic acids is 1. The topological polar surface area (TPSA) is 107 Å². The average Bonchev–Trinajstić information content (AvgIpc) is 2.87. The van der Waals surface area contributed by atoms with Crippen molar-refractivity contribution in [3.63, 3.8) is 0 Å². The highest BCUT2D eigenvalue weighted by Gasteiger charge is 2.24. The minimum atomic E-state index is -3.78. The molecule has 0 aliphatic rings. The highest BCUT2D eigenvalue weighted by Crippen LogP contribution is 2.31. The summed E-state index contributed by atoms with van der Waals surface area (Å²) in [7, 11) is -2.35. The van der Waals surface area contributed by atoms with Gasteiger partial charge in [-0.25, -0.2) is 13.8 Å². The molecule has 0 aliphatic carbocycles. The second-order valence-electron chi connectivity index (χ2n) is 8.29. The van der Waals surface area contributed by atoms with Gasteiger partial charge >= 0.3 is 0 Å². The van der Waals surface area contributed by atoms with E-state index in [9.17, 15) is 13.2 Å². The predicted octanol–water partition coefficient (Wildman–Crippen LogP) is 4.55. The molecule has 3 aromatic rings. The number of halogens is 1. The summed E-state index contributed by atoms with van der Waals surface area (Å²) >= 11 is 5.93. The van der Waals surface area contributed by atoms with E-state index in [0.29, 0.717) is 41.0 Å². The van der Waals surface area contributed by atoms with Crippen molar-refractivity contribution in [3.05, 3.63) is 82.4 Å². The lowest BCUT2D eigenvalue weighted by molar-refractivity contribution is -0.119. The van der Waals surface area contributed by atoms with Gasteiger partial charge in [0.2, 0.25) is 10.0 Å². The van der Waals surface area contributed by atoms with Crippen LogP contribution in [0, 0.1) is 6.92 Å². The van der Waals surface area contributed by atoms with Gasteiger partial charge in [-0.15, -0.1) is 0 Å². The van der Waals surface area contributed by atoms with E-state index in [4.69, 9.17) is 25.8 Å². The summed E-state index contributed by atoms with van der Waals surface area (Å²) in [5, 5.41) is 4.63. The molecule has 0 saturated heterocycles. The summed E-state index contributed by atoms with van der Waals surface area (Å²) in [6, 6.07) is 17.7. The van der Waals surface area contributed by atoms with Gasteiger partial charge in [0.1, 0.15) is 18.9 Å². The number of amides is 1. The van der Waals surface area contributed by atoms with Gasteiger partial charge in [0.15, 0.2) is 11.5 Å². The lowest BCUT2D eigenvalue weighted by atomic mass is 10.2. The van der Waals surface area contributed by atoms with Gasteiger partial charge in [-0.3, -0.25) is 9.10 Å². The molecule has 1 N–H and O–H groups in total. The van der Waals surface area contributed by atoms with Crippen LogP contribution in [0.15, 0.2) is 65.8 Å². The zero-order valence-electron chi connectivity index (χ0n) is 21.6. The minimum Gasteiger partial charge on any atom is -0.495 e. The molecular weight excluding hydrogens is 530 g/mol. The highest BCUT2D eigenvalue weighted by molar-refractivity contribution is 7.92. The third-order valence-corrected chi connectivity index (χ3v) is 6.65. The number of anilines is 1. The number of nitrogens with one attached hydrogen (secondary N) is 1. The standard InChI is InChI=1S/C27H30ClN3O6S/c1-5-36-26-15-21(9-13-25(26)37-18-20-7-10-22(28)11-8-20)16-29-30-27(32)17-31(38(4,33)34)23-14-19(2)6-12-24(23)35-3/h6-16H,5,17-18H2,1-4H3,(H,30,32)/b29-16-. The highest BCUT2D eigenvalue weighted by atomic mass is 35.5. The maximum Gasteiger partial charge on any atom is 0.260 e. The van der Waals surface area contributed by atoms with Crippen LogP contribution in [0.3, 0.4) is 0 Å². The molecule has 0 atom stereocenters. The van der Waals surface area contributed by atoms with Crippen LogP contribution >= 0.6 is 11.6 Å². The third kappa shape index (κ3) is 8.12. The molecule has 0 heterocycles. The predicted molar refractivity (Wildman–Crippen MR) is 149 cm³/mol. The molecule has 3 aromatic carbocycles. The van der Waals surface area contributed by atoms with E-state index in [0.717, 1.165) is 21.7 Å². The van der Waals surface area contributed by atoms with Crippen LogP contribution in [0.1, 0.15) is 23.6 Å². The van der Waals surface area contributed by atoms with E-state index in [1.165, 1.54) is 13.3 Å². The monoisotopic (exact) mass is 559 g/mol. The van der Waals surface area contributed by atoms with Crippen molar-refractivity contribution in [1.82, 2.24) is 5.43 Å². The number of sulfonamides is 1. The van der Waals surface area contributed by atoms with Crippen LogP contribution in [0.5, 0.6) is 17.2 Å². The normalized spacial score (nSPS) is 11.3. The van der Waals surface area contributed by atoms with Crippen molar-refractivity contribution in [1.29, 1.82) is 0 Å². The Hall–Kier alpha value is -3.76. The summed E-state index contributed by atoms with van der Waals surface area (Å²) in [6.07, 6.45) is 2.46. The van der Waals surface area contributed by atoms with Crippen molar-refractivity contribution in [2.45, 2.75) is 20.5 Å². The lowest BCUT2D eigenvalue weighted by Crippen LogP contribution is -2.39. The van der Waals surface area contributed by atoms with E-state index in [-0.39, 0.29) is 5.69 Å². The Morgan fingerprint density at radius 2 is 1.74 bits per heavy atom. The Bertz CT molecular complexity index is 1390. The van der Waals surface area contributed by atoms with Gasteiger partial charge < -0.3 is 14.2 Å². The Kier molecular flexibility index (Phi) is 9.98. The number of nitrogens with zero attached hydrogens (tertiary/aromatic N) is 2. The van der Waals surface area contributed by atoms with Gasteiger partial charge in [0.05, 0.1) is 31.9 Å². The zero-order chi connectivity index (χ0) is 27.7. The number of hydrogen-bond donors (Lipinski definition) is 1. The van der Waals surface area contributed by atoms with E-state index in [1.54, 1.807) is 48.5 Å². The Balaban J connectivity index is 1.68. The third-order valence-electron chi connectivity index (χ3n) is 5.27. The molecule has 202 valence electrons. The number of rotatable bonds is 12. The van der Waals surface area contributed by atoms with E-state index < -0.39 is 22.5 Å². The van der Waals surface area contributed by atoms with Crippen molar-refractivity contribution in [2.24, 2.45) is 5.10 Å². The average molecular weight is 560 g/mol. The van der Waals surface area contributed by atoms with E-state index in [1.807, 2.05) is 26.0 Å². The van der Waals surface area contributed by atoms with E-state index >= 15 is 0 Å². The number of ether oxygens (including phenoxy) is 3. The maximum atomic E-state index is 12.6. The van der Waals surface area contributed by atoms with Crippen molar-refractivity contribution in [2.75, 3.05) is 30.8 Å². The molecular formula is C27H30ClN3O6S. The van der Waals surface area contributed by atoms with Crippen LogP contribution in [0.4, 0.5) is 5.69 Å². The van der Waals surface area contributed by atoms with Crippen LogP contribution in [0.2, 0.25) is 5.02 Å². The minimum absolute atomic E-state index is 0.268. The molecule has 0 bridgehead atoms. The smallest absolute Gasteiger partial charge is 0.260 e.